The topological polar surface area (TPSA) is 52.0 Å². The highest BCUT2D eigenvalue weighted by atomic mass is 35.5. The van der Waals surface area contributed by atoms with E-state index in [1.165, 1.54) is 0 Å². The first-order chi connectivity index (χ1) is 10.0. The number of hydrazine groups is 1. The molecule has 0 aromatic heterocycles. The summed E-state index contributed by atoms with van der Waals surface area (Å²) >= 11 is 11.3. The van der Waals surface area contributed by atoms with E-state index in [2.05, 4.69) is 21.0 Å². The van der Waals surface area contributed by atoms with E-state index in [1.807, 2.05) is 66.1 Å². The number of hydrogen-bond donors (Lipinski definition) is 2. The van der Waals surface area contributed by atoms with Crippen molar-refractivity contribution in [3.63, 3.8) is 0 Å². The van der Waals surface area contributed by atoms with E-state index in [4.69, 9.17) is 23.8 Å². The molecule has 2 N–H and O–H groups in total. The van der Waals surface area contributed by atoms with Crippen molar-refractivity contribution >= 4 is 28.9 Å². The maximum absolute atomic E-state index is 5.97. The van der Waals surface area contributed by atoms with Gasteiger partial charge in [0, 0.05) is 24.7 Å². The second kappa shape index (κ2) is 7.35. The van der Waals surface area contributed by atoms with Crippen molar-refractivity contribution in [1.29, 1.82) is 0 Å². The molecule has 0 aliphatic heterocycles. The molecule has 0 aliphatic carbocycles. The second-order valence-electron chi connectivity index (χ2n) is 6.41. The summed E-state index contributed by atoms with van der Waals surface area (Å²) in [5.41, 5.74) is 2.87. The van der Waals surface area contributed by atoms with Crippen molar-refractivity contribution in [3.05, 3.63) is 34.9 Å². The highest BCUT2D eigenvalue weighted by molar-refractivity contribution is 7.80. The zero-order valence-corrected chi connectivity index (χ0v) is 15.5. The molecule has 0 saturated heterocycles. The third-order valence-electron chi connectivity index (χ3n) is 2.64. The summed E-state index contributed by atoms with van der Waals surface area (Å²) in [6.07, 6.45) is 0. The average molecular weight is 342 g/mol. The van der Waals surface area contributed by atoms with Crippen LogP contribution in [0.25, 0.3) is 0 Å². The van der Waals surface area contributed by atoms with Crippen molar-refractivity contribution in [2.75, 3.05) is 14.1 Å². The van der Waals surface area contributed by atoms with E-state index < -0.39 is 5.66 Å². The normalized spacial score (nSPS) is 14.9. The molecular formula is C15H24ClN5S. The molecule has 1 aromatic carbocycles. The molecule has 1 atom stereocenters. The number of thiocarbonyl (C=S) groups is 1. The number of halogens is 1. The fourth-order valence-electron chi connectivity index (χ4n) is 1.63. The van der Waals surface area contributed by atoms with Gasteiger partial charge in [-0.15, -0.1) is 0 Å². The molecule has 1 rings (SSSR count). The summed E-state index contributed by atoms with van der Waals surface area (Å²) < 4.78 is 0. The summed E-state index contributed by atoms with van der Waals surface area (Å²) in [4.78, 5) is 0. The first-order valence-corrected chi connectivity index (χ1v) is 7.77. The van der Waals surface area contributed by atoms with Crippen LogP contribution < -0.4 is 10.7 Å². The third kappa shape index (κ3) is 6.25. The number of azo groups is 1. The van der Waals surface area contributed by atoms with E-state index in [1.54, 1.807) is 5.01 Å². The average Bonchev–Trinajstić information content (AvgIpc) is 2.35. The van der Waals surface area contributed by atoms with Gasteiger partial charge in [0.25, 0.3) is 0 Å². The molecule has 1 aromatic rings. The molecule has 122 valence electrons. The minimum absolute atomic E-state index is 0.272. The Labute approximate surface area is 143 Å². The zero-order chi connectivity index (χ0) is 17.0. The Bertz CT molecular complexity index is 536. The molecule has 0 aliphatic rings. The highest BCUT2D eigenvalue weighted by Crippen LogP contribution is 2.26. The van der Waals surface area contributed by atoms with Gasteiger partial charge in [0.05, 0.1) is 5.54 Å². The van der Waals surface area contributed by atoms with Crippen molar-refractivity contribution < 1.29 is 0 Å². The minimum atomic E-state index is -0.780. The van der Waals surface area contributed by atoms with Gasteiger partial charge in [0.2, 0.25) is 0 Å². The Kier molecular flexibility index (Phi) is 6.28. The SMILES string of the molecule is CN(C)NC(=S)NC(C)(/N=N/C(C)(C)C)c1ccc(Cl)cc1. The number of benzene rings is 1. The Morgan fingerprint density at radius 1 is 1.09 bits per heavy atom. The van der Waals surface area contributed by atoms with Gasteiger partial charge in [-0.3, -0.25) is 5.43 Å². The van der Waals surface area contributed by atoms with E-state index in [-0.39, 0.29) is 5.54 Å². The van der Waals surface area contributed by atoms with Crippen LogP contribution in [0.1, 0.15) is 33.3 Å². The van der Waals surface area contributed by atoms with Crippen LogP contribution in [0.4, 0.5) is 0 Å². The molecule has 0 radical (unpaired) electrons. The number of nitrogens with one attached hydrogen (secondary N) is 2. The van der Waals surface area contributed by atoms with E-state index in [9.17, 15) is 0 Å². The van der Waals surface area contributed by atoms with E-state index >= 15 is 0 Å². The van der Waals surface area contributed by atoms with Crippen molar-refractivity contribution in [2.45, 2.75) is 38.9 Å². The molecule has 5 nitrogen and oxygen atoms in total. The lowest BCUT2D eigenvalue weighted by atomic mass is 10.0. The van der Waals surface area contributed by atoms with Crippen LogP contribution in [0.2, 0.25) is 5.02 Å². The third-order valence-corrected chi connectivity index (χ3v) is 3.08. The Morgan fingerprint density at radius 3 is 2.09 bits per heavy atom. The van der Waals surface area contributed by atoms with Crippen LogP contribution in [-0.2, 0) is 5.66 Å². The van der Waals surface area contributed by atoms with Crippen molar-refractivity contribution in [2.24, 2.45) is 10.2 Å². The number of hydrogen-bond acceptors (Lipinski definition) is 4. The first kappa shape index (κ1) is 18.8. The molecule has 0 bridgehead atoms. The Balaban J connectivity index is 3.11. The van der Waals surface area contributed by atoms with Crippen LogP contribution in [0.3, 0.4) is 0 Å². The predicted octanol–water partition coefficient (Wildman–Crippen LogP) is 3.70. The summed E-state index contributed by atoms with van der Waals surface area (Å²) in [7, 11) is 3.73. The number of nitrogens with zero attached hydrogens (tertiary/aromatic N) is 3. The number of rotatable bonds is 4. The van der Waals surface area contributed by atoms with Crippen LogP contribution in [0, 0.1) is 0 Å². The maximum Gasteiger partial charge on any atom is 0.183 e. The molecule has 22 heavy (non-hydrogen) atoms. The van der Waals surface area contributed by atoms with Gasteiger partial charge in [-0.1, -0.05) is 23.7 Å². The Hall–Kier alpha value is -1.24. The van der Waals surface area contributed by atoms with Gasteiger partial charge in [-0.2, -0.15) is 10.2 Å². The molecular weight excluding hydrogens is 318 g/mol. The zero-order valence-electron chi connectivity index (χ0n) is 13.9. The minimum Gasteiger partial charge on any atom is -0.332 e. The monoisotopic (exact) mass is 341 g/mol. The van der Waals surface area contributed by atoms with Crippen molar-refractivity contribution in [3.8, 4) is 0 Å². The molecule has 1 unspecified atom stereocenters. The van der Waals surface area contributed by atoms with Gasteiger partial charge < -0.3 is 5.32 Å². The second-order valence-corrected chi connectivity index (χ2v) is 7.25. The van der Waals surface area contributed by atoms with Crippen LogP contribution in [0.5, 0.6) is 0 Å². The standard InChI is InChI=1S/C15H24ClN5S/c1-14(2,3)19-20-15(4,17-13(22)18-21(5)6)11-7-9-12(16)10-8-11/h7-10H,1-6H3,(H2,17,18,22)/b20-19+. The summed E-state index contributed by atoms with van der Waals surface area (Å²) in [6, 6.07) is 7.47. The van der Waals surface area contributed by atoms with Gasteiger partial charge >= 0.3 is 0 Å². The lowest BCUT2D eigenvalue weighted by Crippen LogP contribution is -2.50. The van der Waals surface area contributed by atoms with Crippen LogP contribution >= 0.6 is 23.8 Å². The fourth-order valence-corrected chi connectivity index (χ4v) is 2.14. The summed E-state index contributed by atoms with van der Waals surface area (Å²) in [6.45, 7) is 7.91. The quantitative estimate of drug-likeness (QED) is 0.498. The largest absolute Gasteiger partial charge is 0.332 e. The molecule has 0 fully saturated rings. The van der Waals surface area contributed by atoms with E-state index in [0.717, 1.165) is 5.56 Å². The van der Waals surface area contributed by atoms with Crippen LogP contribution in [-0.4, -0.2) is 29.8 Å². The highest BCUT2D eigenvalue weighted by Gasteiger charge is 2.28. The smallest absolute Gasteiger partial charge is 0.183 e. The molecule has 0 spiro atoms. The molecule has 0 saturated carbocycles. The van der Waals surface area contributed by atoms with Gasteiger partial charge in [-0.25, -0.2) is 5.01 Å². The van der Waals surface area contributed by atoms with Gasteiger partial charge in [-0.05, 0) is 52.0 Å². The van der Waals surface area contributed by atoms with Gasteiger partial charge in [0.1, 0.15) is 0 Å². The van der Waals surface area contributed by atoms with E-state index in [0.29, 0.717) is 10.1 Å². The summed E-state index contributed by atoms with van der Waals surface area (Å²) in [5, 5.41) is 15.0. The fraction of sp³-hybridized carbons (Fsp3) is 0.533. The first-order valence-electron chi connectivity index (χ1n) is 6.98. The molecule has 7 heteroatoms. The lowest BCUT2D eigenvalue weighted by molar-refractivity contribution is 0.339. The summed E-state index contributed by atoms with van der Waals surface area (Å²) in [5.74, 6) is 0. The maximum atomic E-state index is 5.97. The predicted molar refractivity (Wildman–Crippen MR) is 96.0 cm³/mol. The van der Waals surface area contributed by atoms with Crippen molar-refractivity contribution in [1.82, 2.24) is 15.8 Å². The van der Waals surface area contributed by atoms with Gasteiger partial charge in [0.15, 0.2) is 10.8 Å². The van der Waals surface area contributed by atoms with Crippen LogP contribution in [0.15, 0.2) is 34.5 Å². The Morgan fingerprint density at radius 2 is 1.64 bits per heavy atom. The molecule has 0 amide bonds. The lowest BCUT2D eigenvalue weighted by Gasteiger charge is -2.29. The molecule has 0 heterocycles.